The molecule has 78 valence electrons. The number of nitriles is 1. The number of halogens is 1. The van der Waals surface area contributed by atoms with E-state index in [2.05, 4.69) is 11.4 Å². The number of benzene rings is 1. The molecule has 0 aliphatic rings. The molecule has 0 aliphatic carbocycles. The van der Waals surface area contributed by atoms with E-state index in [1.165, 1.54) is 0 Å². The number of nitrogens with zero attached hydrogens (tertiary/aromatic N) is 1. The molecule has 0 atom stereocenters. The largest absolute Gasteiger partial charge is 0.355 e. The van der Waals surface area contributed by atoms with E-state index in [1.54, 1.807) is 6.07 Å². The van der Waals surface area contributed by atoms with E-state index in [9.17, 15) is 4.79 Å². The minimum atomic E-state index is -0.173. The Morgan fingerprint density at radius 3 is 3.00 bits per heavy atom. The van der Waals surface area contributed by atoms with Gasteiger partial charge in [-0.05, 0) is 24.1 Å². The molecule has 1 rings (SSSR count). The summed E-state index contributed by atoms with van der Waals surface area (Å²) in [5.74, 6) is -0.189. The first kappa shape index (κ1) is 11.5. The zero-order chi connectivity index (χ0) is 11.1. The molecule has 0 aliphatic heterocycles. The lowest BCUT2D eigenvalue weighted by Crippen LogP contribution is -2.26. The van der Waals surface area contributed by atoms with Crippen LogP contribution in [0, 0.1) is 11.3 Å². The van der Waals surface area contributed by atoms with Crippen molar-refractivity contribution in [3.63, 3.8) is 0 Å². The maximum absolute atomic E-state index is 10.8. The average molecular weight is 223 g/mol. The average Bonchev–Trinajstić information content (AvgIpc) is 2.29. The number of hydrogen-bond donors (Lipinski definition) is 1. The number of nitrogens with one attached hydrogen (secondary N) is 1. The minimum absolute atomic E-state index is 0.0156. The van der Waals surface area contributed by atoms with Crippen LogP contribution in [0.4, 0.5) is 0 Å². The van der Waals surface area contributed by atoms with Gasteiger partial charge in [-0.25, -0.2) is 0 Å². The SMILES string of the molecule is N#Cc1cccc(CCNC(=O)CCl)c1. The fourth-order valence-electron chi connectivity index (χ4n) is 1.19. The van der Waals surface area contributed by atoms with Gasteiger partial charge < -0.3 is 5.32 Å². The van der Waals surface area contributed by atoms with Crippen LogP contribution in [0.2, 0.25) is 0 Å². The minimum Gasteiger partial charge on any atom is -0.355 e. The topological polar surface area (TPSA) is 52.9 Å². The molecule has 0 fully saturated rings. The molecule has 1 aromatic carbocycles. The second-order valence-corrected chi connectivity index (χ2v) is 3.31. The van der Waals surface area contributed by atoms with Crippen LogP contribution < -0.4 is 5.32 Å². The van der Waals surface area contributed by atoms with Crippen LogP contribution in [0.3, 0.4) is 0 Å². The predicted octanol–water partition coefficient (Wildman–Crippen LogP) is 1.46. The molecular formula is C11H11ClN2O. The summed E-state index contributed by atoms with van der Waals surface area (Å²) >= 11 is 5.33. The standard InChI is InChI=1S/C11H11ClN2O/c12-7-11(15)14-5-4-9-2-1-3-10(6-9)8-13/h1-3,6H,4-5,7H2,(H,14,15). The molecule has 0 saturated heterocycles. The van der Waals surface area contributed by atoms with Crippen molar-refractivity contribution in [1.82, 2.24) is 5.32 Å². The third-order valence-corrected chi connectivity index (χ3v) is 2.16. The molecule has 0 saturated carbocycles. The van der Waals surface area contributed by atoms with Gasteiger partial charge in [-0.15, -0.1) is 11.6 Å². The van der Waals surface area contributed by atoms with Gasteiger partial charge in [0.25, 0.3) is 0 Å². The molecule has 0 bridgehead atoms. The van der Waals surface area contributed by atoms with Crippen LogP contribution in [0.15, 0.2) is 24.3 Å². The van der Waals surface area contributed by atoms with E-state index in [-0.39, 0.29) is 11.8 Å². The van der Waals surface area contributed by atoms with E-state index in [0.29, 0.717) is 18.5 Å². The van der Waals surface area contributed by atoms with E-state index in [1.807, 2.05) is 18.2 Å². The number of carbonyl (C=O) groups is 1. The Morgan fingerprint density at radius 1 is 1.53 bits per heavy atom. The molecule has 1 aromatic rings. The number of alkyl halides is 1. The molecule has 4 heteroatoms. The summed E-state index contributed by atoms with van der Waals surface area (Å²) in [7, 11) is 0. The van der Waals surface area contributed by atoms with Crippen molar-refractivity contribution in [3.05, 3.63) is 35.4 Å². The maximum Gasteiger partial charge on any atom is 0.234 e. The van der Waals surface area contributed by atoms with Gasteiger partial charge in [-0.2, -0.15) is 5.26 Å². The van der Waals surface area contributed by atoms with Crippen LogP contribution in [0.5, 0.6) is 0 Å². The normalized spacial score (nSPS) is 9.33. The highest BCUT2D eigenvalue weighted by Gasteiger charge is 1.98. The van der Waals surface area contributed by atoms with Gasteiger partial charge in [-0.1, -0.05) is 12.1 Å². The summed E-state index contributed by atoms with van der Waals surface area (Å²) in [6.07, 6.45) is 0.706. The first-order valence-corrected chi connectivity index (χ1v) is 5.11. The van der Waals surface area contributed by atoms with Gasteiger partial charge in [0.1, 0.15) is 5.88 Å². The van der Waals surface area contributed by atoms with Gasteiger partial charge in [0.2, 0.25) is 5.91 Å². The molecular weight excluding hydrogens is 212 g/mol. The molecule has 15 heavy (non-hydrogen) atoms. The van der Waals surface area contributed by atoms with E-state index in [4.69, 9.17) is 16.9 Å². The van der Waals surface area contributed by atoms with Crippen LogP contribution in [-0.2, 0) is 11.2 Å². The van der Waals surface area contributed by atoms with Crippen molar-refractivity contribution in [1.29, 1.82) is 5.26 Å². The maximum atomic E-state index is 10.8. The highest BCUT2D eigenvalue weighted by molar-refractivity contribution is 6.27. The molecule has 3 nitrogen and oxygen atoms in total. The van der Waals surface area contributed by atoms with Gasteiger partial charge in [0, 0.05) is 6.54 Å². The third-order valence-electron chi connectivity index (χ3n) is 1.91. The Kier molecular flexibility index (Phi) is 4.65. The Labute approximate surface area is 93.7 Å². The summed E-state index contributed by atoms with van der Waals surface area (Å²) in [4.78, 5) is 10.8. The summed E-state index contributed by atoms with van der Waals surface area (Å²) in [5, 5.41) is 11.3. The van der Waals surface area contributed by atoms with Gasteiger partial charge in [0.15, 0.2) is 0 Å². The van der Waals surface area contributed by atoms with Crippen LogP contribution in [0.1, 0.15) is 11.1 Å². The van der Waals surface area contributed by atoms with E-state index in [0.717, 1.165) is 5.56 Å². The number of hydrogen-bond acceptors (Lipinski definition) is 2. The molecule has 0 unspecified atom stereocenters. The fraction of sp³-hybridized carbons (Fsp3) is 0.273. The van der Waals surface area contributed by atoms with Crippen molar-refractivity contribution >= 4 is 17.5 Å². The second-order valence-electron chi connectivity index (χ2n) is 3.05. The molecule has 0 aromatic heterocycles. The van der Waals surface area contributed by atoms with Gasteiger partial charge in [0.05, 0.1) is 11.6 Å². The number of amides is 1. The highest BCUT2D eigenvalue weighted by atomic mass is 35.5. The monoisotopic (exact) mass is 222 g/mol. The predicted molar refractivity (Wildman–Crippen MR) is 58.6 cm³/mol. The summed E-state index contributed by atoms with van der Waals surface area (Å²) in [6.45, 7) is 0.542. The lowest BCUT2D eigenvalue weighted by Gasteiger charge is -2.03. The lowest BCUT2D eigenvalue weighted by atomic mass is 10.1. The number of carbonyl (C=O) groups excluding carboxylic acids is 1. The van der Waals surface area contributed by atoms with Crippen molar-refractivity contribution < 1.29 is 4.79 Å². The molecule has 0 spiro atoms. The number of rotatable bonds is 4. The second kappa shape index (κ2) is 6.05. The van der Waals surface area contributed by atoms with E-state index < -0.39 is 0 Å². The molecule has 1 N–H and O–H groups in total. The zero-order valence-corrected chi connectivity index (χ0v) is 8.92. The summed E-state index contributed by atoms with van der Waals surface area (Å²) < 4.78 is 0. The Morgan fingerprint density at radius 2 is 2.33 bits per heavy atom. The molecule has 1 amide bonds. The molecule has 0 radical (unpaired) electrons. The highest BCUT2D eigenvalue weighted by Crippen LogP contribution is 2.04. The van der Waals surface area contributed by atoms with Crippen molar-refractivity contribution in [2.45, 2.75) is 6.42 Å². The third kappa shape index (κ3) is 4.01. The summed E-state index contributed by atoms with van der Waals surface area (Å²) in [6, 6.07) is 9.39. The van der Waals surface area contributed by atoms with Crippen molar-refractivity contribution in [2.24, 2.45) is 0 Å². The van der Waals surface area contributed by atoms with Crippen LogP contribution in [-0.4, -0.2) is 18.3 Å². The smallest absolute Gasteiger partial charge is 0.234 e. The van der Waals surface area contributed by atoms with Crippen LogP contribution in [0.25, 0.3) is 0 Å². The Hall–Kier alpha value is -1.53. The van der Waals surface area contributed by atoms with Crippen molar-refractivity contribution in [3.8, 4) is 6.07 Å². The van der Waals surface area contributed by atoms with Crippen molar-refractivity contribution in [2.75, 3.05) is 12.4 Å². The Balaban J connectivity index is 2.44. The van der Waals surface area contributed by atoms with Crippen LogP contribution >= 0.6 is 11.6 Å². The van der Waals surface area contributed by atoms with E-state index >= 15 is 0 Å². The first-order chi connectivity index (χ1) is 7.26. The van der Waals surface area contributed by atoms with Gasteiger partial charge >= 0.3 is 0 Å². The zero-order valence-electron chi connectivity index (χ0n) is 8.16. The quantitative estimate of drug-likeness (QED) is 0.785. The lowest BCUT2D eigenvalue weighted by molar-refractivity contribution is -0.118. The fourth-order valence-corrected chi connectivity index (χ4v) is 1.28. The molecule has 0 heterocycles. The Bertz CT molecular complexity index is 384. The summed E-state index contributed by atoms with van der Waals surface area (Å²) in [5.41, 5.74) is 1.67. The first-order valence-electron chi connectivity index (χ1n) is 4.58. The van der Waals surface area contributed by atoms with Gasteiger partial charge in [-0.3, -0.25) is 4.79 Å².